The van der Waals surface area contributed by atoms with E-state index in [0.717, 1.165) is 38.6 Å². The van der Waals surface area contributed by atoms with Crippen LogP contribution < -0.4 is 5.32 Å². The summed E-state index contributed by atoms with van der Waals surface area (Å²) in [6.07, 6.45) is 2.37. The summed E-state index contributed by atoms with van der Waals surface area (Å²) in [4.78, 5) is 0. The average Bonchev–Trinajstić information content (AvgIpc) is 2.39. The van der Waals surface area contributed by atoms with Crippen molar-refractivity contribution < 1.29 is 4.74 Å². The molecule has 0 fully saturated rings. The van der Waals surface area contributed by atoms with E-state index in [-0.39, 0.29) is 0 Å². The Morgan fingerprint density at radius 1 is 1.18 bits per heavy atom. The minimum Gasteiger partial charge on any atom is -0.377 e. The Morgan fingerprint density at radius 2 is 1.94 bits per heavy atom. The van der Waals surface area contributed by atoms with Gasteiger partial charge < -0.3 is 10.1 Å². The molecule has 1 aromatic rings. The summed E-state index contributed by atoms with van der Waals surface area (Å²) < 4.78 is 5.70. The lowest BCUT2D eigenvalue weighted by Gasteiger charge is -2.15. The molecule has 17 heavy (non-hydrogen) atoms. The number of ether oxygens (including phenoxy) is 1. The highest BCUT2D eigenvalue weighted by Crippen LogP contribution is 2.08. The predicted octanol–water partition coefficient (Wildman–Crippen LogP) is 3.23. The third kappa shape index (κ3) is 6.44. The molecule has 1 N–H and O–H groups in total. The first-order valence-electron chi connectivity index (χ1n) is 6.69. The maximum Gasteiger partial charge on any atom is 0.0716 e. The van der Waals surface area contributed by atoms with Crippen LogP contribution in [0.25, 0.3) is 0 Å². The smallest absolute Gasteiger partial charge is 0.0716 e. The highest BCUT2D eigenvalue weighted by Gasteiger charge is 2.05. The highest BCUT2D eigenvalue weighted by atomic mass is 16.5. The molecule has 1 rings (SSSR count). The third-order valence-corrected chi connectivity index (χ3v) is 3.04. The quantitative estimate of drug-likeness (QED) is 0.664. The fraction of sp³-hybridized carbons (Fsp3) is 0.600. The average molecular weight is 235 g/mol. The second-order valence-corrected chi connectivity index (χ2v) is 4.41. The van der Waals surface area contributed by atoms with E-state index in [4.69, 9.17) is 4.74 Å². The van der Waals surface area contributed by atoms with E-state index >= 15 is 0 Å². The molecule has 1 unspecified atom stereocenters. The maximum absolute atomic E-state index is 5.70. The molecule has 1 atom stereocenters. The number of nitrogens with one attached hydrogen (secondary N) is 1. The molecular formula is C15H25NO. The zero-order valence-electron chi connectivity index (χ0n) is 11.1. The molecular weight excluding hydrogens is 210 g/mol. The first kappa shape index (κ1) is 14.2. The first-order chi connectivity index (χ1) is 8.36. The van der Waals surface area contributed by atoms with E-state index in [2.05, 4.69) is 43.4 Å². The molecule has 0 spiro atoms. The predicted molar refractivity (Wildman–Crippen MR) is 73.0 cm³/mol. The van der Waals surface area contributed by atoms with Crippen LogP contribution in [0.15, 0.2) is 30.3 Å². The summed E-state index contributed by atoms with van der Waals surface area (Å²) in [5.41, 5.74) is 1.26. The minimum atomic E-state index is 0.735. The Labute approximate surface area is 105 Å². The second kappa shape index (κ2) is 9.20. The maximum atomic E-state index is 5.70. The summed E-state index contributed by atoms with van der Waals surface area (Å²) in [7, 11) is 0. The first-order valence-corrected chi connectivity index (χ1v) is 6.69. The normalized spacial score (nSPS) is 12.6. The summed E-state index contributed by atoms with van der Waals surface area (Å²) in [6.45, 7) is 8.16. The Kier molecular flexibility index (Phi) is 7.69. The van der Waals surface area contributed by atoms with Crippen molar-refractivity contribution in [2.45, 2.75) is 33.3 Å². The molecule has 1 aromatic carbocycles. The van der Waals surface area contributed by atoms with Crippen molar-refractivity contribution in [1.29, 1.82) is 0 Å². The molecule has 2 nitrogen and oxygen atoms in total. The highest BCUT2D eigenvalue weighted by molar-refractivity contribution is 5.13. The zero-order chi connectivity index (χ0) is 12.3. The van der Waals surface area contributed by atoms with Gasteiger partial charge in [-0.25, -0.2) is 0 Å². The van der Waals surface area contributed by atoms with E-state index in [9.17, 15) is 0 Å². The van der Waals surface area contributed by atoms with E-state index in [0.29, 0.717) is 0 Å². The standard InChI is InChI=1S/C15H25NO/c1-3-14(12-16-4-2)10-11-17-13-15-8-6-5-7-9-15/h5-9,14,16H,3-4,10-13H2,1-2H3. The molecule has 2 heteroatoms. The number of rotatable bonds is 9. The van der Waals surface area contributed by atoms with Crippen LogP contribution in [0.5, 0.6) is 0 Å². The summed E-state index contributed by atoms with van der Waals surface area (Å²) >= 11 is 0. The lowest BCUT2D eigenvalue weighted by Crippen LogP contribution is -2.23. The van der Waals surface area contributed by atoms with Crippen LogP contribution in [-0.4, -0.2) is 19.7 Å². The van der Waals surface area contributed by atoms with Crippen molar-refractivity contribution in [2.75, 3.05) is 19.7 Å². The van der Waals surface area contributed by atoms with Crippen molar-refractivity contribution in [3.05, 3.63) is 35.9 Å². The van der Waals surface area contributed by atoms with E-state index < -0.39 is 0 Å². The van der Waals surface area contributed by atoms with Gasteiger partial charge in [-0.3, -0.25) is 0 Å². The van der Waals surface area contributed by atoms with Crippen molar-refractivity contribution in [3.8, 4) is 0 Å². The van der Waals surface area contributed by atoms with Gasteiger partial charge in [0.1, 0.15) is 0 Å². The number of benzene rings is 1. The van der Waals surface area contributed by atoms with E-state index in [1.165, 1.54) is 12.0 Å². The molecule has 0 aliphatic rings. The molecule has 0 bridgehead atoms. The summed E-state index contributed by atoms with van der Waals surface area (Å²) in [5, 5.41) is 3.40. The van der Waals surface area contributed by atoms with Gasteiger partial charge in [-0.05, 0) is 31.0 Å². The Hall–Kier alpha value is -0.860. The fourth-order valence-electron chi connectivity index (χ4n) is 1.81. The van der Waals surface area contributed by atoms with Crippen LogP contribution in [0.3, 0.4) is 0 Å². The molecule has 0 radical (unpaired) electrons. The number of hydrogen-bond donors (Lipinski definition) is 1. The van der Waals surface area contributed by atoms with E-state index in [1.54, 1.807) is 0 Å². The Balaban J connectivity index is 2.10. The summed E-state index contributed by atoms with van der Waals surface area (Å²) in [5.74, 6) is 0.741. The fourth-order valence-corrected chi connectivity index (χ4v) is 1.81. The van der Waals surface area contributed by atoms with Gasteiger partial charge in [0.15, 0.2) is 0 Å². The topological polar surface area (TPSA) is 21.3 Å². The lowest BCUT2D eigenvalue weighted by atomic mass is 10.0. The Morgan fingerprint density at radius 3 is 2.59 bits per heavy atom. The van der Waals surface area contributed by atoms with Crippen molar-refractivity contribution in [1.82, 2.24) is 5.32 Å². The van der Waals surface area contributed by atoms with Crippen LogP contribution in [0.1, 0.15) is 32.3 Å². The van der Waals surface area contributed by atoms with Gasteiger partial charge in [0, 0.05) is 6.61 Å². The zero-order valence-corrected chi connectivity index (χ0v) is 11.1. The van der Waals surface area contributed by atoms with Crippen molar-refractivity contribution in [3.63, 3.8) is 0 Å². The Bertz CT molecular complexity index is 274. The molecule has 96 valence electrons. The molecule has 0 saturated heterocycles. The molecule has 0 aliphatic carbocycles. The van der Waals surface area contributed by atoms with Crippen LogP contribution in [-0.2, 0) is 11.3 Å². The van der Waals surface area contributed by atoms with E-state index in [1.807, 2.05) is 6.07 Å². The molecule has 0 heterocycles. The molecule has 0 saturated carbocycles. The van der Waals surface area contributed by atoms with Gasteiger partial charge in [0.25, 0.3) is 0 Å². The second-order valence-electron chi connectivity index (χ2n) is 4.41. The molecule has 0 aliphatic heterocycles. The minimum absolute atomic E-state index is 0.735. The van der Waals surface area contributed by atoms with Gasteiger partial charge in [-0.15, -0.1) is 0 Å². The van der Waals surface area contributed by atoms with Gasteiger partial charge >= 0.3 is 0 Å². The monoisotopic (exact) mass is 235 g/mol. The van der Waals surface area contributed by atoms with Gasteiger partial charge in [0.2, 0.25) is 0 Å². The lowest BCUT2D eigenvalue weighted by molar-refractivity contribution is 0.106. The van der Waals surface area contributed by atoms with Crippen LogP contribution in [0.4, 0.5) is 0 Å². The molecule has 0 amide bonds. The third-order valence-electron chi connectivity index (χ3n) is 3.04. The largest absolute Gasteiger partial charge is 0.377 e. The van der Waals surface area contributed by atoms with Gasteiger partial charge in [-0.1, -0.05) is 50.6 Å². The summed E-state index contributed by atoms with van der Waals surface area (Å²) in [6, 6.07) is 10.4. The SMILES string of the molecule is CCNCC(CC)CCOCc1ccccc1. The van der Waals surface area contributed by atoms with Crippen molar-refractivity contribution in [2.24, 2.45) is 5.92 Å². The van der Waals surface area contributed by atoms with Gasteiger partial charge in [-0.2, -0.15) is 0 Å². The van der Waals surface area contributed by atoms with Crippen LogP contribution in [0, 0.1) is 5.92 Å². The van der Waals surface area contributed by atoms with Gasteiger partial charge in [0.05, 0.1) is 6.61 Å². The van der Waals surface area contributed by atoms with Crippen LogP contribution >= 0.6 is 0 Å². The molecule has 0 aromatic heterocycles. The number of hydrogen-bond acceptors (Lipinski definition) is 2. The van der Waals surface area contributed by atoms with Crippen LogP contribution in [0.2, 0.25) is 0 Å². The van der Waals surface area contributed by atoms with Crippen molar-refractivity contribution >= 4 is 0 Å².